The summed E-state index contributed by atoms with van der Waals surface area (Å²) in [6.45, 7) is 7.16. The van der Waals surface area contributed by atoms with E-state index in [1.54, 1.807) is 54.1 Å². The molecule has 0 saturated heterocycles. The molecule has 1 heterocycles. The van der Waals surface area contributed by atoms with Crippen molar-refractivity contribution in [2.45, 2.75) is 27.7 Å². The van der Waals surface area contributed by atoms with E-state index in [-0.39, 0.29) is 30.1 Å². The van der Waals surface area contributed by atoms with Gasteiger partial charge in [-0.25, -0.2) is 9.07 Å². The van der Waals surface area contributed by atoms with Crippen LogP contribution in [0.2, 0.25) is 0 Å². The quantitative estimate of drug-likeness (QED) is 0.478. The van der Waals surface area contributed by atoms with Crippen LogP contribution in [0.15, 0.2) is 54.6 Å². The third-order valence-corrected chi connectivity index (χ3v) is 5.33. The van der Waals surface area contributed by atoms with E-state index in [1.807, 2.05) is 13.8 Å². The van der Waals surface area contributed by atoms with E-state index in [0.29, 0.717) is 17.9 Å². The maximum atomic E-state index is 13.3. The Labute approximate surface area is 203 Å². The van der Waals surface area contributed by atoms with Crippen molar-refractivity contribution < 1.29 is 18.8 Å². The SMILES string of the molecule is CCN(CC(=O)Nc1ccc(NC(C)=O)cc1)C(=O)C=Cc1c(C)nn(-c2ccc(F)cc2)c1C. The van der Waals surface area contributed by atoms with Crippen molar-refractivity contribution >= 4 is 35.2 Å². The number of rotatable bonds is 8. The van der Waals surface area contributed by atoms with Crippen LogP contribution >= 0.6 is 0 Å². The minimum atomic E-state index is -0.336. The first-order valence-electron chi connectivity index (χ1n) is 11.1. The minimum absolute atomic E-state index is 0.111. The molecule has 0 spiro atoms. The number of nitrogens with zero attached hydrogens (tertiary/aromatic N) is 3. The van der Waals surface area contributed by atoms with Crippen molar-refractivity contribution in [3.05, 3.63) is 77.4 Å². The zero-order valence-corrected chi connectivity index (χ0v) is 20.1. The van der Waals surface area contributed by atoms with Gasteiger partial charge in [0.15, 0.2) is 0 Å². The molecule has 182 valence electrons. The summed E-state index contributed by atoms with van der Waals surface area (Å²) in [6, 6.07) is 12.7. The minimum Gasteiger partial charge on any atom is -0.330 e. The number of aryl methyl sites for hydroxylation is 1. The van der Waals surface area contributed by atoms with Crippen LogP contribution < -0.4 is 10.6 Å². The second kappa shape index (κ2) is 11.2. The molecule has 2 aromatic carbocycles. The van der Waals surface area contributed by atoms with E-state index in [0.717, 1.165) is 22.6 Å². The van der Waals surface area contributed by atoms with Crippen molar-refractivity contribution in [1.29, 1.82) is 0 Å². The van der Waals surface area contributed by atoms with Gasteiger partial charge in [0.2, 0.25) is 17.7 Å². The van der Waals surface area contributed by atoms with E-state index >= 15 is 0 Å². The summed E-state index contributed by atoms with van der Waals surface area (Å²) >= 11 is 0. The Morgan fingerprint density at radius 1 is 1.00 bits per heavy atom. The predicted octanol–water partition coefficient (Wildman–Crippen LogP) is 4.09. The van der Waals surface area contributed by atoms with Crippen molar-refractivity contribution in [2.24, 2.45) is 0 Å². The number of aromatic nitrogens is 2. The molecule has 35 heavy (non-hydrogen) atoms. The number of likely N-dealkylation sites (N-methyl/N-ethyl adjacent to an activating group) is 1. The fourth-order valence-electron chi connectivity index (χ4n) is 3.55. The van der Waals surface area contributed by atoms with E-state index in [1.165, 1.54) is 30.0 Å². The second-order valence-electron chi connectivity index (χ2n) is 7.97. The molecular formula is C26H28FN5O3. The summed E-state index contributed by atoms with van der Waals surface area (Å²) in [7, 11) is 0. The average Bonchev–Trinajstić information content (AvgIpc) is 3.10. The highest BCUT2D eigenvalue weighted by Crippen LogP contribution is 2.20. The van der Waals surface area contributed by atoms with Crippen LogP contribution in [-0.2, 0) is 14.4 Å². The molecular weight excluding hydrogens is 449 g/mol. The molecule has 3 rings (SSSR count). The smallest absolute Gasteiger partial charge is 0.247 e. The Kier molecular flexibility index (Phi) is 8.14. The lowest BCUT2D eigenvalue weighted by molar-refractivity contribution is -0.130. The molecule has 9 heteroatoms. The highest BCUT2D eigenvalue weighted by Gasteiger charge is 2.15. The number of hydrogen-bond donors (Lipinski definition) is 2. The first kappa shape index (κ1) is 25.4. The van der Waals surface area contributed by atoms with Gasteiger partial charge >= 0.3 is 0 Å². The molecule has 2 N–H and O–H groups in total. The number of hydrogen-bond acceptors (Lipinski definition) is 4. The highest BCUT2D eigenvalue weighted by molar-refractivity contribution is 5.98. The molecule has 8 nitrogen and oxygen atoms in total. The number of halogens is 1. The number of benzene rings is 2. The fourth-order valence-corrected chi connectivity index (χ4v) is 3.55. The van der Waals surface area contributed by atoms with E-state index in [2.05, 4.69) is 15.7 Å². The standard InChI is InChI=1S/C26H28FN5O3/c1-5-31(16-25(34)29-22-10-8-21(9-11-22)28-19(4)33)26(35)15-14-24-17(2)30-32(18(24)3)23-12-6-20(27)7-13-23/h6-15H,5,16H2,1-4H3,(H,28,33)(H,29,34). The van der Waals surface area contributed by atoms with Crippen molar-refractivity contribution in [3.8, 4) is 5.69 Å². The topological polar surface area (TPSA) is 96.3 Å². The van der Waals surface area contributed by atoms with E-state index in [9.17, 15) is 18.8 Å². The third-order valence-electron chi connectivity index (χ3n) is 5.33. The second-order valence-corrected chi connectivity index (χ2v) is 7.97. The number of nitrogens with one attached hydrogen (secondary N) is 2. The third kappa shape index (κ3) is 6.63. The Balaban J connectivity index is 1.65. The summed E-state index contributed by atoms with van der Waals surface area (Å²) in [4.78, 5) is 37.8. The Morgan fingerprint density at radius 3 is 2.17 bits per heavy atom. The summed E-state index contributed by atoms with van der Waals surface area (Å²) < 4.78 is 14.9. The van der Waals surface area contributed by atoms with Crippen molar-refractivity contribution in [1.82, 2.24) is 14.7 Å². The summed E-state index contributed by atoms with van der Waals surface area (Å²) in [6.07, 6.45) is 3.10. The molecule has 0 radical (unpaired) electrons. The fraction of sp³-hybridized carbons (Fsp3) is 0.231. The van der Waals surface area contributed by atoms with Gasteiger partial charge in [0.05, 0.1) is 11.4 Å². The highest BCUT2D eigenvalue weighted by atomic mass is 19.1. The molecule has 0 bridgehead atoms. The molecule has 3 amide bonds. The van der Waals surface area contributed by atoms with Crippen LogP contribution in [0.5, 0.6) is 0 Å². The Hall–Kier alpha value is -4.27. The Bertz CT molecular complexity index is 1250. The number of carbonyl (C=O) groups excluding carboxylic acids is 3. The van der Waals surface area contributed by atoms with Crippen LogP contribution in [0.4, 0.5) is 15.8 Å². The summed E-state index contributed by atoms with van der Waals surface area (Å²) in [5.41, 5.74) is 4.21. The monoisotopic (exact) mass is 477 g/mol. The lowest BCUT2D eigenvalue weighted by Crippen LogP contribution is -2.36. The molecule has 0 aliphatic carbocycles. The molecule has 0 saturated carbocycles. The summed E-state index contributed by atoms with van der Waals surface area (Å²) in [5, 5.41) is 9.91. The number of anilines is 2. The largest absolute Gasteiger partial charge is 0.330 e. The molecule has 0 aliphatic heterocycles. The van der Waals surface area contributed by atoms with Crippen LogP contribution in [-0.4, -0.2) is 45.5 Å². The summed E-state index contributed by atoms with van der Waals surface area (Å²) in [5.74, 6) is -1.15. The van der Waals surface area contributed by atoms with E-state index < -0.39 is 0 Å². The normalized spacial score (nSPS) is 10.9. The Morgan fingerprint density at radius 2 is 1.60 bits per heavy atom. The average molecular weight is 478 g/mol. The first-order valence-corrected chi connectivity index (χ1v) is 11.1. The lowest BCUT2D eigenvalue weighted by atomic mass is 10.1. The zero-order chi connectivity index (χ0) is 25.5. The van der Waals surface area contributed by atoms with Crippen LogP contribution in [0.1, 0.15) is 30.8 Å². The van der Waals surface area contributed by atoms with Crippen molar-refractivity contribution in [2.75, 3.05) is 23.7 Å². The van der Waals surface area contributed by atoms with Crippen molar-refractivity contribution in [3.63, 3.8) is 0 Å². The van der Waals surface area contributed by atoms with Gasteiger partial charge in [-0.1, -0.05) is 0 Å². The maximum Gasteiger partial charge on any atom is 0.247 e. The predicted molar refractivity (Wildman–Crippen MR) is 134 cm³/mol. The molecule has 0 aliphatic rings. The van der Waals surface area contributed by atoms with Gasteiger partial charge in [0.1, 0.15) is 12.4 Å². The van der Waals surface area contributed by atoms with Crippen LogP contribution in [0, 0.1) is 19.7 Å². The zero-order valence-electron chi connectivity index (χ0n) is 20.1. The number of amides is 3. The van der Waals surface area contributed by atoms with Gasteiger partial charge in [0.25, 0.3) is 0 Å². The van der Waals surface area contributed by atoms with Crippen LogP contribution in [0.3, 0.4) is 0 Å². The molecule has 0 unspecified atom stereocenters. The van der Waals surface area contributed by atoms with Crippen LogP contribution in [0.25, 0.3) is 11.8 Å². The maximum absolute atomic E-state index is 13.3. The first-order chi connectivity index (χ1) is 16.7. The molecule has 0 atom stereocenters. The lowest BCUT2D eigenvalue weighted by Gasteiger charge is -2.18. The molecule has 0 fully saturated rings. The molecule has 1 aromatic heterocycles. The number of carbonyl (C=O) groups is 3. The van der Waals surface area contributed by atoms with Gasteiger partial charge in [-0.05, 0) is 75.4 Å². The van der Waals surface area contributed by atoms with Gasteiger partial charge in [-0.15, -0.1) is 0 Å². The van der Waals surface area contributed by atoms with Gasteiger partial charge in [-0.2, -0.15) is 5.10 Å². The van der Waals surface area contributed by atoms with E-state index in [4.69, 9.17) is 0 Å². The molecule has 3 aromatic rings. The van der Waals surface area contributed by atoms with Gasteiger partial charge < -0.3 is 15.5 Å². The van der Waals surface area contributed by atoms with Gasteiger partial charge in [-0.3, -0.25) is 14.4 Å². The van der Waals surface area contributed by atoms with Gasteiger partial charge in [0, 0.05) is 42.2 Å².